The molecule has 0 saturated carbocycles. The zero-order chi connectivity index (χ0) is 25.2. The van der Waals surface area contributed by atoms with E-state index in [0.29, 0.717) is 12.4 Å². The third-order valence-electron chi connectivity index (χ3n) is 4.62. The van der Waals surface area contributed by atoms with Crippen LogP contribution in [-0.4, -0.2) is 33.0 Å². The number of nitrogens with zero attached hydrogens (tertiary/aromatic N) is 1. The minimum absolute atomic E-state index is 0.147. The molecule has 186 valence electrons. The van der Waals surface area contributed by atoms with Gasteiger partial charge in [0, 0.05) is 19.8 Å². The van der Waals surface area contributed by atoms with E-state index >= 15 is 0 Å². The van der Waals surface area contributed by atoms with Crippen LogP contribution in [0.3, 0.4) is 0 Å². The molecule has 0 aliphatic rings. The molecule has 33 heavy (non-hydrogen) atoms. The maximum absolute atomic E-state index is 5.60. The van der Waals surface area contributed by atoms with Gasteiger partial charge in [-0.2, -0.15) is 0 Å². The summed E-state index contributed by atoms with van der Waals surface area (Å²) in [6.07, 6.45) is 12.9. The second-order valence-corrected chi connectivity index (χ2v) is 8.01. The number of nitrogens with one attached hydrogen (secondary N) is 3. The Labute approximate surface area is 202 Å². The van der Waals surface area contributed by atoms with Crippen LogP contribution in [0.15, 0.2) is 75.6 Å². The largest absolute Gasteiger partial charge is 0.497 e. The fourth-order valence-corrected chi connectivity index (χ4v) is 3.14. The molecule has 0 heterocycles. The first kappa shape index (κ1) is 30.3. The average molecular weight is 459 g/mol. The SMILES string of the molecule is C=C(/N=C\C=C(/C)OC(C)C)NC\C(CCC)=C(NNC)/C(C)=C/C=C(OC)\C(C)=C\CC. The zero-order valence-corrected chi connectivity index (χ0v) is 22.3. The number of hydrazine groups is 1. The molecule has 0 rings (SSSR count). The molecule has 6 heteroatoms. The molecular weight excluding hydrogens is 412 g/mol. The quantitative estimate of drug-likeness (QED) is 0.114. The normalized spacial score (nSPS) is 14.5. The van der Waals surface area contributed by atoms with E-state index in [-0.39, 0.29) is 6.10 Å². The van der Waals surface area contributed by atoms with E-state index in [4.69, 9.17) is 9.47 Å². The third-order valence-corrected chi connectivity index (χ3v) is 4.62. The van der Waals surface area contributed by atoms with Gasteiger partial charge in [-0.25, -0.2) is 10.4 Å². The van der Waals surface area contributed by atoms with E-state index in [1.165, 1.54) is 5.57 Å². The van der Waals surface area contributed by atoms with Gasteiger partial charge in [0.1, 0.15) is 11.6 Å². The van der Waals surface area contributed by atoms with E-state index in [1.807, 2.05) is 40.0 Å². The first-order chi connectivity index (χ1) is 15.7. The molecule has 0 bridgehead atoms. The fraction of sp³-hybridized carbons (Fsp3) is 0.519. The molecule has 0 aromatic rings. The Kier molecular flexibility index (Phi) is 16.3. The number of rotatable bonds is 16. The smallest absolute Gasteiger partial charge is 0.121 e. The Balaban J connectivity index is 5.63. The predicted molar refractivity (Wildman–Crippen MR) is 143 cm³/mol. The first-order valence-corrected chi connectivity index (χ1v) is 11.7. The van der Waals surface area contributed by atoms with Gasteiger partial charge in [0.25, 0.3) is 0 Å². The lowest BCUT2D eigenvalue weighted by Gasteiger charge is -2.18. The molecule has 0 radical (unpaired) electrons. The lowest BCUT2D eigenvalue weighted by atomic mass is 10.0. The summed E-state index contributed by atoms with van der Waals surface area (Å²) < 4.78 is 11.2. The summed E-state index contributed by atoms with van der Waals surface area (Å²) in [6.45, 7) is 19.0. The maximum atomic E-state index is 5.60. The van der Waals surface area contributed by atoms with Crippen molar-refractivity contribution in [1.29, 1.82) is 0 Å². The van der Waals surface area contributed by atoms with Crippen molar-refractivity contribution in [3.63, 3.8) is 0 Å². The summed E-state index contributed by atoms with van der Waals surface area (Å²) in [5, 5.41) is 3.32. The number of ether oxygens (including phenoxy) is 2. The highest BCUT2D eigenvalue weighted by Crippen LogP contribution is 2.18. The Hall–Kier alpha value is -2.73. The average Bonchev–Trinajstić information content (AvgIpc) is 2.75. The Morgan fingerprint density at radius 1 is 1.06 bits per heavy atom. The molecule has 0 unspecified atom stereocenters. The molecule has 0 atom stereocenters. The summed E-state index contributed by atoms with van der Waals surface area (Å²) >= 11 is 0. The molecule has 0 spiro atoms. The summed E-state index contributed by atoms with van der Waals surface area (Å²) in [6, 6.07) is 0. The van der Waals surface area contributed by atoms with Crippen LogP contribution >= 0.6 is 0 Å². The van der Waals surface area contributed by atoms with Gasteiger partial charge in [0.05, 0.1) is 24.7 Å². The van der Waals surface area contributed by atoms with Crippen molar-refractivity contribution < 1.29 is 9.47 Å². The van der Waals surface area contributed by atoms with E-state index in [9.17, 15) is 0 Å². The standard InChI is InChI=1S/C27H46N4O2/c1-11-13-21(5)26(32-10)16-15-22(6)27(31-28-9)25(14-12-2)19-30-24(8)29-18-17-23(7)33-20(3)4/h13,15-18,20,28,30-31H,8,11-12,14,19H2,1-7,9-10H3/b21-13+,22-15+,23-17+,26-16+,27-25+,29-18-. The van der Waals surface area contributed by atoms with Gasteiger partial charge in [0.2, 0.25) is 0 Å². The van der Waals surface area contributed by atoms with Crippen molar-refractivity contribution in [2.45, 2.75) is 73.8 Å². The van der Waals surface area contributed by atoms with E-state index in [0.717, 1.165) is 47.6 Å². The molecular formula is C27H46N4O2. The van der Waals surface area contributed by atoms with Crippen LogP contribution < -0.4 is 16.2 Å². The van der Waals surface area contributed by atoms with Crippen LogP contribution in [0, 0.1) is 0 Å². The third kappa shape index (κ3) is 13.4. The Morgan fingerprint density at radius 3 is 2.30 bits per heavy atom. The van der Waals surface area contributed by atoms with Gasteiger partial charge in [-0.05, 0) is 76.3 Å². The monoisotopic (exact) mass is 458 g/mol. The van der Waals surface area contributed by atoms with Crippen LogP contribution in [0.5, 0.6) is 0 Å². The lowest BCUT2D eigenvalue weighted by Crippen LogP contribution is -2.30. The van der Waals surface area contributed by atoms with Gasteiger partial charge in [-0.1, -0.05) is 39.0 Å². The van der Waals surface area contributed by atoms with Crippen LogP contribution in [-0.2, 0) is 9.47 Å². The van der Waals surface area contributed by atoms with Crippen LogP contribution in [0.1, 0.15) is 67.7 Å². The van der Waals surface area contributed by atoms with Gasteiger partial charge in [-0.15, -0.1) is 0 Å². The van der Waals surface area contributed by atoms with Crippen molar-refractivity contribution in [2.24, 2.45) is 4.99 Å². The van der Waals surface area contributed by atoms with Gasteiger partial charge in [-0.3, -0.25) is 0 Å². The molecule has 6 nitrogen and oxygen atoms in total. The molecule has 0 aromatic heterocycles. The molecule has 0 aromatic carbocycles. The van der Waals surface area contributed by atoms with E-state index < -0.39 is 0 Å². The summed E-state index contributed by atoms with van der Waals surface area (Å²) in [5.41, 5.74) is 10.9. The van der Waals surface area contributed by atoms with Crippen LogP contribution in [0.4, 0.5) is 0 Å². The van der Waals surface area contributed by atoms with Crippen molar-refractivity contribution >= 4 is 6.21 Å². The minimum atomic E-state index is 0.147. The highest BCUT2D eigenvalue weighted by molar-refractivity contribution is 5.72. The molecule has 3 N–H and O–H groups in total. The molecule has 0 saturated heterocycles. The summed E-state index contributed by atoms with van der Waals surface area (Å²) in [7, 11) is 3.57. The maximum Gasteiger partial charge on any atom is 0.121 e. The Bertz CT molecular complexity index is 784. The van der Waals surface area contributed by atoms with Crippen LogP contribution in [0.2, 0.25) is 0 Å². The number of hydrogen-bond acceptors (Lipinski definition) is 6. The number of allylic oxidation sites excluding steroid dienone is 7. The van der Waals surface area contributed by atoms with Crippen molar-refractivity contribution in [3.05, 3.63) is 70.6 Å². The molecule has 0 aliphatic heterocycles. The first-order valence-electron chi connectivity index (χ1n) is 11.7. The number of aliphatic imine (C=N–C) groups is 1. The van der Waals surface area contributed by atoms with Crippen molar-refractivity contribution in [1.82, 2.24) is 16.2 Å². The summed E-state index contributed by atoms with van der Waals surface area (Å²) in [4.78, 5) is 4.37. The van der Waals surface area contributed by atoms with Crippen LogP contribution in [0.25, 0.3) is 0 Å². The number of hydrogen-bond donors (Lipinski definition) is 3. The molecule has 0 amide bonds. The second kappa shape index (κ2) is 17.8. The number of methoxy groups -OCH3 is 1. The predicted octanol–water partition coefficient (Wildman–Crippen LogP) is 6.06. The van der Waals surface area contributed by atoms with Crippen molar-refractivity contribution in [2.75, 3.05) is 20.7 Å². The van der Waals surface area contributed by atoms with Gasteiger partial charge in [0.15, 0.2) is 0 Å². The molecule has 0 aliphatic carbocycles. The molecule has 0 fully saturated rings. The summed E-state index contributed by atoms with van der Waals surface area (Å²) in [5.74, 6) is 2.29. The highest BCUT2D eigenvalue weighted by Gasteiger charge is 2.09. The minimum Gasteiger partial charge on any atom is -0.497 e. The topological polar surface area (TPSA) is 66.9 Å². The van der Waals surface area contributed by atoms with E-state index in [1.54, 1.807) is 13.3 Å². The van der Waals surface area contributed by atoms with E-state index in [2.05, 4.69) is 67.6 Å². The van der Waals surface area contributed by atoms with Gasteiger partial charge >= 0.3 is 0 Å². The lowest BCUT2D eigenvalue weighted by molar-refractivity contribution is 0.149. The van der Waals surface area contributed by atoms with Gasteiger partial charge < -0.3 is 20.2 Å². The van der Waals surface area contributed by atoms with Crippen molar-refractivity contribution in [3.8, 4) is 0 Å². The highest BCUT2D eigenvalue weighted by atomic mass is 16.5. The fourth-order valence-electron chi connectivity index (χ4n) is 3.14. The zero-order valence-electron chi connectivity index (χ0n) is 22.3. The second-order valence-electron chi connectivity index (χ2n) is 8.01. The Morgan fingerprint density at radius 2 is 1.76 bits per heavy atom.